The lowest BCUT2D eigenvalue weighted by atomic mass is 10.1. The summed E-state index contributed by atoms with van der Waals surface area (Å²) >= 11 is 0. The van der Waals surface area contributed by atoms with Gasteiger partial charge in [-0.25, -0.2) is 0 Å². The summed E-state index contributed by atoms with van der Waals surface area (Å²) in [4.78, 5) is -1.00. The summed E-state index contributed by atoms with van der Waals surface area (Å²) < 4.78 is 63.1. The van der Waals surface area contributed by atoms with Gasteiger partial charge < -0.3 is 17.2 Å². The molecule has 9 nitrogen and oxygen atoms in total. The van der Waals surface area contributed by atoms with Crippen molar-refractivity contribution in [3.05, 3.63) is 54.6 Å². The maximum atomic E-state index is 11.2. The Bertz CT molecular complexity index is 1170. The number of rotatable bonds is 2. The second-order valence-corrected chi connectivity index (χ2v) is 8.27. The van der Waals surface area contributed by atoms with Gasteiger partial charge in [-0.2, -0.15) is 16.8 Å². The summed E-state index contributed by atoms with van der Waals surface area (Å²) in [7, 11) is -9.11. The van der Waals surface area contributed by atoms with Crippen molar-refractivity contribution in [3.8, 4) is 0 Å². The molecule has 3 aromatic rings. The van der Waals surface area contributed by atoms with E-state index in [1.165, 1.54) is 18.2 Å². The van der Waals surface area contributed by atoms with Gasteiger partial charge >= 0.3 is 0 Å². The Kier molecular flexibility index (Phi) is 7.97. The third-order valence-corrected chi connectivity index (χ3v) is 5.24. The van der Waals surface area contributed by atoms with E-state index < -0.39 is 30.0 Å². The molecule has 3 rings (SSSR count). The minimum atomic E-state index is -4.57. The zero-order valence-electron chi connectivity index (χ0n) is 15.8. The average Bonchev–Trinajstić information content (AvgIpc) is 2.63. The van der Waals surface area contributed by atoms with Crippen molar-refractivity contribution < 1.29 is 25.9 Å². The molecular weight excluding hydrogens is 418 g/mol. The molecule has 29 heavy (non-hydrogen) atoms. The number of fused-ring (bicyclic) bond motifs is 1. The van der Waals surface area contributed by atoms with Crippen LogP contribution in [0, 0.1) is 0 Å². The molecule has 0 atom stereocenters. The first-order chi connectivity index (χ1) is 13.4. The fourth-order valence-electron chi connectivity index (χ4n) is 2.28. The molecule has 0 unspecified atom stereocenters. The average molecular weight is 442 g/mol. The highest BCUT2D eigenvalue weighted by atomic mass is 32.2. The lowest BCUT2D eigenvalue weighted by molar-refractivity contribution is 0.481. The van der Waals surface area contributed by atoms with Crippen LogP contribution in [0.2, 0.25) is 0 Å². The van der Waals surface area contributed by atoms with Crippen molar-refractivity contribution in [1.82, 2.24) is 0 Å². The highest BCUT2D eigenvalue weighted by molar-refractivity contribution is 7.86. The van der Waals surface area contributed by atoms with Gasteiger partial charge in [-0.15, -0.1) is 0 Å². The molecule has 0 bridgehead atoms. The van der Waals surface area contributed by atoms with Gasteiger partial charge in [0.1, 0.15) is 9.79 Å². The van der Waals surface area contributed by atoms with Crippen LogP contribution in [0.15, 0.2) is 64.4 Å². The predicted molar refractivity (Wildman–Crippen MR) is 115 cm³/mol. The van der Waals surface area contributed by atoms with Gasteiger partial charge in [0.15, 0.2) is 0 Å². The first-order valence-electron chi connectivity index (χ1n) is 8.28. The molecule has 3 aromatic carbocycles. The van der Waals surface area contributed by atoms with E-state index in [0.717, 1.165) is 23.5 Å². The molecule has 0 aromatic heterocycles. The fraction of sp³-hybridized carbons (Fsp3) is 0.111. The molecule has 0 aliphatic carbocycles. The van der Waals surface area contributed by atoms with Crippen molar-refractivity contribution in [2.24, 2.45) is 0 Å². The summed E-state index contributed by atoms with van der Waals surface area (Å²) in [6.45, 7) is 4.00. The standard InChI is InChI=1S/C10H9NO6S2.C6H8N2.C2H6/c11-6-4-8-7(10(5-6)19(15,16)17)2-1-3-9(8)18(12,13)14;7-5-1-2-6(8)4-3-5;1-2/h1-5H,11H2,(H,12,13,14)(H,15,16,17);1-4H,7-8H2;1-2H3. The van der Waals surface area contributed by atoms with Gasteiger partial charge in [-0.05, 0) is 42.5 Å². The molecule has 0 heterocycles. The Labute approximate surface area is 169 Å². The molecule has 158 valence electrons. The van der Waals surface area contributed by atoms with Crippen molar-refractivity contribution in [2.75, 3.05) is 17.2 Å². The number of nitrogen functional groups attached to an aromatic ring is 3. The molecule has 0 fully saturated rings. The number of benzene rings is 3. The molecule has 0 aliphatic rings. The van der Waals surface area contributed by atoms with Gasteiger partial charge in [0.2, 0.25) is 0 Å². The molecule has 0 saturated carbocycles. The molecule has 8 N–H and O–H groups in total. The van der Waals surface area contributed by atoms with Crippen LogP contribution in [-0.2, 0) is 20.2 Å². The maximum absolute atomic E-state index is 11.2. The Hall–Kier alpha value is -2.86. The monoisotopic (exact) mass is 441 g/mol. The van der Waals surface area contributed by atoms with Crippen molar-refractivity contribution in [2.45, 2.75) is 23.6 Å². The van der Waals surface area contributed by atoms with Crippen LogP contribution in [0.25, 0.3) is 10.8 Å². The quantitative estimate of drug-likeness (QED) is 0.294. The van der Waals surface area contributed by atoms with E-state index in [-0.39, 0.29) is 16.5 Å². The van der Waals surface area contributed by atoms with Crippen LogP contribution < -0.4 is 17.2 Å². The lowest BCUT2D eigenvalue weighted by Crippen LogP contribution is -2.04. The van der Waals surface area contributed by atoms with Crippen LogP contribution in [0.4, 0.5) is 17.1 Å². The summed E-state index contributed by atoms with van der Waals surface area (Å²) in [6, 6.07) is 12.9. The van der Waals surface area contributed by atoms with Gasteiger partial charge in [0.05, 0.1) is 0 Å². The SMILES string of the molecule is CC.Nc1cc(S(=O)(=O)O)c2cccc(S(=O)(=O)O)c2c1.Nc1ccc(N)cc1. The fourth-order valence-corrected chi connectivity index (χ4v) is 3.72. The van der Waals surface area contributed by atoms with Crippen molar-refractivity contribution in [1.29, 1.82) is 0 Å². The smallest absolute Gasteiger partial charge is 0.295 e. The second-order valence-electron chi connectivity index (χ2n) is 5.49. The molecule has 0 spiro atoms. The van der Waals surface area contributed by atoms with E-state index in [9.17, 15) is 16.8 Å². The highest BCUT2D eigenvalue weighted by Crippen LogP contribution is 2.30. The second kappa shape index (κ2) is 9.56. The largest absolute Gasteiger partial charge is 0.399 e. The third kappa shape index (κ3) is 6.61. The van der Waals surface area contributed by atoms with Crippen LogP contribution in [-0.4, -0.2) is 25.9 Å². The van der Waals surface area contributed by atoms with Gasteiger partial charge in [-0.1, -0.05) is 26.0 Å². The Morgan fingerprint density at radius 3 is 1.48 bits per heavy atom. The summed E-state index contributed by atoms with van der Waals surface area (Å²) in [5.74, 6) is 0. The minimum absolute atomic E-state index is 0.0492. The number of hydrogen-bond donors (Lipinski definition) is 5. The van der Waals surface area contributed by atoms with E-state index in [1.54, 1.807) is 24.3 Å². The van der Waals surface area contributed by atoms with E-state index in [2.05, 4.69) is 0 Å². The van der Waals surface area contributed by atoms with Crippen LogP contribution in [0.5, 0.6) is 0 Å². The third-order valence-electron chi connectivity index (χ3n) is 3.43. The molecule has 0 amide bonds. The minimum Gasteiger partial charge on any atom is -0.399 e. The Balaban J connectivity index is 0.000000351. The van der Waals surface area contributed by atoms with Gasteiger partial charge in [0.25, 0.3) is 20.2 Å². The Morgan fingerprint density at radius 2 is 1.07 bits per heavy atom. The van der Waals surface area contributed by atoms with Crippen molar-refractivity contribution in [3.63, 3.8) is 0 Å². The summed E-state index contributed by atoms with van der Waals surface area (Å²) in [5, 5.41) is -0.135. The molecule has 0 saturated heterocycles. The van der Waals surface area contributed by atoms with Gasteiger partial charge in [-0.3, -0.25) is 9.11 Å². The topological polar surface area (TPSA) is 187 Å². The maximum Gasteiger partial charge on any atom is 0.295 e. The summed E-state index contributed by atoms with van der Waals surface area (Å²) in [5.41, 5.74) is 17.7. The van der Waals surface area contributed by atoms with Crippen LogP contribution in [0.1, 0.15) is 13.8 Å². The van der Waals surface area contributed by atoms with Crippen LogP contribution >= 0.6 is 0 Å². The summed E-state index contributed by atoms with van der Waals surface area (Å²) in [6.07, 6.45) is 0. The zero-order chi connectivity index (χ0) is 22.4. The predicted octanol–water partition coefficient (Wildman–Crippen LogP) is 2.79. The van der Waals surface area contributed by atoms with E-state index in [4.69, 9.17) is 26.3 Å². The van der Waals surface area contributed by atoms with Crippen molar-refractivity contribution >= 4 is 48.1 Å². The first kappa shape index (κ1) is 24.2. The Morgan fingerprint density at radius 1 is 0.621 bits per heavy atom. The first-order valence-corrected chi connectivity index (χ1v) is 11.2. The number of anilines is 3. The number of hydrogen-bond acceptors (Lipinski definition) is 7. The van der Waals surface area contributed by atoms with E-state index in [0.29, 0.717) is 0 Å². The van der Waals surface area contributed by atoms with E-state index in [1.807, 2.05) is 13.8 Å². The van der Waals surface area contributed by atoms with Gasteiger partial charge in [0, 0.05) is 27.8 Å². The highest BCUT2D eigenvalue weighted by Gasteiger charge is 2.20. The molecular formula is C18H23N3O6S2. The lowest BCUT2D eigenvalue weighted by Gasteiger charge is -2.08. The van der Waals surface area contributed by atoms with E-state index >= 15 is 0 Å². The normalized spacial score (nSPS) is 11.0. The molecule has 0 aliphatic heterocycles. The number of nitrogens with two attached hydrogens (primary N) is 3. The van der Waals surface area contributed by atoms with Crippen LogP contribution in [0.3, 0.4) is 0 Å². The molecule has 11 heteroatoms. The zero-order valence-corrected chi connectivity index (χ0v) is 17.4. The molecule has 0 radical (unpaired) electrons.